The maximum Gasteiger partial charge on any atom is 0.0716 e. The molecule has 78 valence electrons. The van der Waals surface area contributed by atoms with Crippen molar-refractivity contribution in [2.24, 2.45) is 0 Å². The Balaban J connectivity index is 0.000000138. The summed E-state index contributed by atoms with van der Waals surface area (Å²) >= 11 is 0. The molecule has 4 heteroatoms. The SMILES string of the molecule is c1ccc2ccccc2c1.c1cnnnn1. The van der Waals surface area contributed by atoms with E-state index in [1.807, 2.05) is 0 Å². The van der Waals surface area contributed by atoms with E-state index in [1.165, 1.54) is 23.2 Å². The molecular formula is C12H10N4. The third-order valence-electron chi connectivity index (χ3n) is 2.00. The second-order valence-electron chi connectivity index (χ2n) is 3.06. The van der Waals surface area contributed by atoms with Gasteiger partial charge in [0.25, 0.3) is 0 Å². The van der Waals surface area contributed by atoms with Gasteiger partial charge < -0.3 is 0 Å². The van der Waals surface area contributed by atoms with Gasteiger partial charge in [0.05, 0.1) is 12.4 Å². The predicted octanol–water partition coefficient (Wildman–Crippen LogP) is 2.11. The zero-order valence-electron chi connectivity index (χ0n) is 8.56. The minimum Gasteiger partial charge on any atom is -0.136 e. The lowest BCUT2D eigenvalue weighted by atomic mass is 10.1. The highest BCUT2D eigenvalue weighted by atomic mass is 15.4. The Hall–Kier alpha value is -2.36. The van der Waals surface area contributed by atoms with Crippen LogP contribution in [0.15, 0.2) is 60.9 Å². The fraction of sp³-hybridized carbons (Fsp3) is 0. The molecule has 0 saturated carbocycles. The molecule has 0 aliphatic rings. The first-order valence-electron chi connectivity index (χ1n) is 4.85. The van der Waals surface area contributed by atoms with Gasteiger partial charge in [-0.2, -0.15) is 0 Å². The average molecular weight is 210 g/mol. The molecule has 1 aromatic heterocycles. The molecule has 1 heterocycles. The lowest BCUT2D eigenvalue weighted by Crippen LogP contribution is -1.84. The van der Waals surface area contributed by atoms with Crippen LogP contribution in [0.5, 0.6) is 0 Å². The van der Waals surface area contributed by atoms with Gasteiger partial charge in [-0.3, -0.25) is 0 Å². The molecule has 16 heavy (non-hydrogen) atoms. The highest BCUT2D eigenvalue weighted by Crippen LogP contribution is 2.11. The Labute approximate surface area is 93.0 Å². The number of hydrogen-bond donors (Lipinski definition) is 0. The molecule has 0 unspecified atom stereocenters. The molecule has 2 aromatic carbocycles. The maximum absolute atomic E-state index is 3.36. The van der Waals surface area contributed by atoms with E-state index in [0.29, 0.717) is 0 Å². The predicted molar refractivity (Wildman–Crippen MR) is 61.6 cm³/mol. The molecule has 0 N–H and O–H groups in total. The van der Waals surface area contributed by atoms with Crippen LogP contribution in [0.4, 0.5) is 0 Å². The summed E-state index contributed by atoms with van der Waals surface area (Å²) in [5.41, 5.74) is 0. The summed E-state index contributed by atoms with van der Waals surface area (Å²) < 4.78 is 0. The van der Waals surface area contributed by atoms with Gasteiger partial charge in [-0.1, -0.05) is 48.5 Å². The highest BCUT2D eigenvalue weighted by Gasteiger charge is 1.85. The highest BCUT2D eigenvalue weighted by molar-refractivity contribution is 5.81. The summed E-state index contributed by atoms with van der Waals surface area (Å²) in [7, 11) is 0. The van der Waals surface area contributed by atoms with Crippen molar-refractivity contribution in [2.75, 3.05) is 0 Å². The Morgan fingerprint density at radius 3 is 1.19 bits per heavy atom. The van der Waals surface area contributed by atoms with Crippen LogP contribution in [0.3, 0.4) is 0 Å². The molecule has 0 spiro atoms. The van der Waals surface area contributed by atoms with Crippen LogP contribution in [-0.4, -0.2) is 20.6 Å². The van der Waals surface area contributed by atoms with Gasteiger partial charge in [0.15, 0.2) is 0 Å². The van der Waals surface area contributed by atoms with Crippen molar-refractivity contribution >= 4 is 10.8 Å². The lowest BCUT2D eigenvalue weighted by Gasteiger charge is -1.92. The van der Waals surface area contributed by atoms with Gasteiger partial charge >= 0.3 is 0 Å². The molecule has 3 aromatic rings. The first-order chi connectivity index (χ1) is 7.97. The van der Waals surface area contributed by atoms with Crippen molar-refractivity contribution in [3.05, 3.63) is 60.9 Å². The molecule has 0 amide bonds. The van der Waals surface area contributed by atoms with E-state index in [0.717, 1.165) is 0 Å². The number of nitrogens with zero attached hydrogens (tertiary/aromatic N) is 4. The fourth-order valence-electron chi connectivity index (χ4n) is 1.30. The normalized spacial score (nSPS) is 9.25. The molecule has 0 saturated heterocycles. The number of aromatic nitrogens is 4. The van der Waals surface area contributed by atoms with E-state index >= 15 is 0 Å². The number of hydrogen-bond acceptors (Lipinski definition) is 4. The second kappa shape index (κ2) is 5.50. The average Bonchev–Trinajstić information content (AvgIpc) is 2.42. The Bertz CT molecular complexity index is 447. The van der Waals surface area contributed by atoms with Crippen molar-refractivity contribution in [3.63, 3.8) is 0 Å². The van der Waals surface area contributed by atoms with Crippen LogP contribution in [-0.2, 0) is 0 Å². The van der Waals surface area contributed by atoms with Gasteiger partial charge in [-0.05, 0) is 21.2 Å². The van der Waals surface area contributed by atoms with Crippen molar-refractivity contribution < 1.29 is 0 Å². The summed E-state index contributed by atoms with van der Waals surface area (Å²) in [6.45, 7) is 0. The summed E-state index contributed by atoms with van der Waals surface area (Å²) in [5.74, 6) is 0. The van der Waals surface area contributed by atoms with Crippen molar-refractivity contribution in [1.29, 1.82) is 0 Å². The second-order valence-corrected chi connectivity index (χ2v) is 3.06. The van der Waals surface area contributed by atoms with E-state index in [9.17, 15) is 0 Å². The van der Waals surface area contributed by atoms with Crippen LogP contribution in [0, 0.1) is 0 Å². The summed E-state index contributed by atoms with van der Waals surface area (Å²) in [4.78, 5) is 0. The molecule has 0 radical (unpaired) electrons. The van der Waals surface area contributed by atoms with E-state index in [-0.39, 0.29) is 0 Å². The number of rotatable bonds is 0. The van der Waals surface area contributed by atoms with Crippen molar-refractivity contribution in [1.82, 2.24) is 20.6 Å². The molecule has 0 bridgehead atoms. The van der Waals surface area contributed by atoms with E-state index in [2.05, 4.69) is 69.2 Å². The van der Waals surface area contributed by atoms with Crippen LogP contribution >= 0.6 is 0 Å². The number of fused-ring (bicyclic) bond motifs is 1. The van der Waals surface area contributed by atoms with Gasteiger partial charge in [-0.25, -0.2) is 0 Å². The molecule has 0 fully saturated rings. The first kappa shape index (κ1) is 10.2. The quantitative estimate of drug-likeness (QED) is 0.570. The molecular weight excluding hydrogens is 200 g/mol. The van der Waals surface area contributed by atoms with Gasteiger partial charge in [0, 0.05) is 0 Å². The maximum atomic E-state index is 3.36. The number of benzene rings is 2. The first-order valence-corrected chi connectivity index (χ1v) is 4.85. The summed E-state index contributed by atoms with van der Waals surface area (Å²) in [6.07, 6.45) is 2.93. The minimum atomic E-state index is 1.31. The van der Waals surface area contributed by atoms with Crippen LogP contribution in [0.1, 0.15) is 0 Å². The Kier molecular flexibility index (Phi) is 3.50. The smallest absolute Gasteiger partial charge is 0.0716 e. The Morgan fingerprint density at radius 1 is 0.562 bits per heavy atom. The van der Waals surface area contributed by atoms with Crippen molar-refractivity contribution in [2.45, 2.75) is 0 Å². The summed E-state index contributed by atoms with van der Waals surface area (Å²) in [5, 5.41) is 15.7. The van der Waals surface area contributed by atoms with E-state index in [4.69, 9.17) is 0 Å². The topological polar surface area (TPSA) is 51.6 Å². The van der Waals surface area contributed by atoms with Crippen LogP contribution in [0.25, 0.3) is 10.8 Å². The molecule has 0 aliphatic carbocycles. The molecule has 4 nitrogen and oxygen atoms in total. The zero-order valence-corrected chi connectivity index (χ0v) is 8.56. The molecule has 3 rings (SSSR count). The van der Waals surface area contributed by atoms with Crippen LogP contribution in [0.2, 0.25) is 0 Å². The zero-order chi connectivity index (χ0) is 11.1. The Morgan fingerprint density at radius 2 is 0.938 bits per heavy atom. The van der Waals surface area contributed by atoms with Gasteiger partial charge in [-0.15, -0.1) is 10.2 Å². The standard InChI is InChI=1S/C10H8.C2H2N4/c1-2-6-10-8-4-3-7-9(10)5-1;1-2-4-6-5-3-1/h1-8H;1-2H. The summed E-state index contributed by atoms with van der Waals surface area (Å²) in [6, 6.07) is 16.7. The van der Waals surface area contributed by atoms with E-state index in [1.54, 1.807) is 0 Å². The van der Waals surface area contributed by atoms with Crippen molar-refractivity contribution in [3.8, 4) is 0 Å². The van der Waals surface area contributed by atoms with Crippen LogP contribution < -0.4 is 0 Å². The third-order valence-corrected chi connectivity index (χ3v) is 2.00. The molecule has 0 aliphatic heterocycles. The molecule has 0 atom stereocenters. The van der Waals surface area contributed by atoms with Gasteiger partial charge in [0.2, 0.25) is 0 Å². The minimum absolute atomic E-state index is 1.31. The van der Waals surface area contributed by atoms with E-state index < -0.39 is 0 Å². The fourth-order valence-corrected chi connectivity index (χ4v) is 1.30. The third kappa shape index (κ3) is 2.81. The largest absolute Gasteiger partial charge is 0.136 e. The van der Waals surface area contributed by atoms with Gasteiger partial charge in [0.1, 0.15) is 0 Å². The monoisotopic (exact) mass is 210 g/mol. The lowest BCUT2D eigenvalue weighted by molar-refractivity contribution is 0.761.